The number of nitrogens with one attached hydrogen (secondary N) is 1. The average Bonchev–Trinajstić information content (AvgIpc) is 2.18. The third-order valence-corrected chi connectivity index (χ3v) is 2.28. The fourth-order valence-electron chi connectivity index (χ4n) is 1.51. The Labute approximate surface area is 77.9 Å². The Kier molecular flexibility index (Phi) is 2.10. The molecule has 0 amide bonds. The Morgan fingerprint density at radius 1 is 1.62 bits per heavy atom. The van der Waals surface area contributed by atoms with E-state index in [-0.39, 0.29) is 6.10 Å². The zero-order valence-corrected chi connectivity index (χ0v) is 7.71. The summed E-state index contributed by atoms with van der Waals surface area (Å²) in [5.74, 6) is 0.948. The van der Waals surface area contributed by atoms with E-state index in [1.54, 1.807) is 0 Å². The zero-order valence-electron chi connectivity index (χ0n) is 7.71. The van der Waals surface area contributed by atoms with Gasteiger partial charge in [0.25, 0.3) is 0 Å². The molecule has 0 fully saturated rings. The van der Waals surface area contributed by atoms with Crippen LogP contribution in [0.15, 0.2) is 18.2 Å². The largest absolute Gasteiger partial charge is 0.485 e. The van der Waals surface area contributed by atoms with Crippen molar-refractivity contribution < 1.29 is 4.74 Å². The molecule has 0 aromatic heterocycles. The van der Waals surface area contributed by atoms with Crippen molar-refractivity contribution in [3.63, 3.8) is 0 Å². The van der Waals surface area contributed by atoms with Gasteiger partial charge in [-0.25, -0.2) is 0 Å². The number of nitrogens with two attached hydrogens (primary N) is 1. The van der Waals surface area contributed by atoms with Crippen molar-refractivity contribution in [3.8, 4) is 5.75 Å². The summed E-state index contributed by atoms with van der Waals surface area (Å²) < 4.78 is 5.72. The van der Waals surface area contributed by atoms with Crippen LogP contribution in [-0.4, -0.2) is 19.2 Å². The first kappa shape index (κ1) is 8.38. The van der Waals surface area contributed by atoms with Crippen molar-refractivity contribution >= 4 is 5.69 Å². The van der Waals surface area contributed by atoms with Crippen molar-refractivity contribution in [3.05, 3.63) is 23.8 Å². The summed E-state index contributed by atoms with van der Waals surface area (Å²) in [5.41, 5.74) is 7.77. The third kappa shape index (κ3) is 1.47. The van der Waals surface area contributed by atoms with Gasteiger partial charge in [0.15, 0.2) is 0 Å². The molecule has 3 heteroatoms. The highest BCUT2D eigenvalue weighted by atomic mass is 16.5. The van der Waals surface area contributed by atoms with Gasteiger partial charge in [0.1, 0.15) is 11.9 Å². The molecule has 0 saturated carbocycles. The number of benzene rings is 1. The second-order valence-electron chi connectivity index (χ2n) is 3.31. The monoisotopic (exact) mass is 178 g/mol. The van der Waals surface area contributed by atoms with Crippen LogP contribution >= 0.6 is 0 Å². The standard InChI is InChI=1S/C10H14N2O/c1-7-3-2-4-9-10(7)13-8(5-11)6-12-9/h2-4,8,12H,5-6,11H2,1H3/t8-/m0/s1. The van der Waals surface area contributed by atoms with Crippen LogP contribution in [-0.2, 0) is 0 Å². The highest BCUT2D eigenvalue weighted by Gasteiger charge is 2.18. The van der Waals surface area contributed by atoms with Crippen molar-refractivity contribution in [2.75, 3.05) is 18.4 Å². The normalized spacial score (nSPS) is 20.0. The molecule has 0 aliphatic carbocycles. The van der Waals surface area contributed by atoms with E-state index in [2.05, 4.69) is 5.32 Å². The highest BCUT2D eigenvalue weighted by molar-refractivity contribution is 5.61. The fraction of sp³-hybridized carbons (Fsp3) is 0.400. The van der Waals surface area contributed by atoms with Crippen molar-refractivity contribution in [1.82, 2.24) is 0 Å². The summed E-state index contributed by atoms with van der Waals surface area (Å²) in [4.78, 5) is 0. The molecule has 0 radical (unpaired) electrons. The van der Waals surface area contributed by atoms with E-state index in [0.29, 0.717) is 6.54 Å². The highest BCUT2D eigenvalue weighted by Crippen LogP contribution is 2.31. The smallest absolute Gasteiger partial charge is 0.145 e. The summed E-state index contributed by atoms with van der Waals surface area (Å²) >= 11 is 0. The van der Waals surface area contributed by atoms with E-state index in [0.717, 1.165) is 23.5 Å². The first-order valence-corrected chi connectivity index (χ1v) is 4.51. The second kappa shape index (κ2) is 3.26. The van der Waals surface area contributed by atoms with Gasteiger partial charge >= 0.3 is 0 Å². The number of aryl methyl sites for hydroxylation is 1. The molecule has 0 spiro atoms. The van der Waals surface area contributed by atoms with Crippen LogP contribution < -0.4 is 15.8 Å². The minimum absolute atomic E-state index is 0.105. The molecule has 1 aromatic carbocycles. The van der Waals surface area contributed by atoms with E-state index in [9.17, 15) is 0 Å². The second-order valence-corrected chi connectivity index (χ2v) is 3.31. The van der Waals surface area contributed by atoms with E-state index in [4.69, 9.17) is 10.5 Å². The van der Waals surface area contributed by atoms with Crippen molar-refractivity contribution in [2.24, 2.45) is 5.73 Å². The molecule has 1 aliphatic rings. The minimum atomic E-state index is 0.105. The molecule has 0 bridgehead atoms. The molecule has 0 unspecified atom stereocenters. The predicted molar refractivity (Wildman–Crippen MR) is 53.1 cm³/mol. The maximum atomic E-state index is 5.72. The lowest BCUT2D eigenvalue weighted by atomic mass is 10.1. The predicted octanol–water partition coefficient (Wildman–Crippen LogP) is 1.13. The Bertz CT molecular complexity index is 312. The molecule has 3 N–H and O–H groups in total. The first-order chi connectivity index (χ1) is 6.31. The van der Waals surface area contributed by atoms with Gasteiger partial charge in [0.05, 0.1) is 12.2 Å². The number of fused-ring (bicyclic) bond motifs is 1. The van der Waals surface area contributed by atoms with E-state index in [1.165, 1.54) is 0 Å². The summed E-state index contributed by atoms with van der Waals surface area (Å²) in [6.07, 6.45) is 0.105. The summed E-state index contributed by atoms with van der Waals surface area (Å²) in [6, 6.07) is 6.09. The average molecular weight is 178 g/mol. The van der Waals surface area contributed by atoms with Crippen LogP contribution in [0.5, 0.6) is 5.75 Å². The molecule has 1 aliphatic heterocycles. The maximum absolute atomic E-state index is 5.72. The van der Waals surface area contributed by atoms with Gasteiger partial charge in [-0.2, -0.15) is 0 Å². The molecule has 70 valence electrons. The lowest BCUT2D eigenvalue weighted by Gasteiger charge is -2.27. The fourth-order valence-corrected chi connectivity index (χ4v) is 1.51. The SMILES string of the molecule is Cc1cccc2c1O[C@@H](CN)CN2. The number of rotatable bonds is 1. The van der Waals surface area contributed by atoms with E-state index in [1.807, 2.05) is 25.1 Å². The molecule has 1 atom stereocenters. The quantitative estimate of drug-likeness (QED) is 0.677. The van der Waals surface area contributed by atoms with Crippen LogP contribution in [0.1, 0.15) is 5.56 Å². The van der Waals surface area contributed by atoms with Gasteiger partial charge in [0, 0.05) is 6.54 Å². The van der Waals surface area contributed by atoms with Gasteiger partial charge in [-0.05, 0) is 18.6 Å². The van der Waals surface area contributed by atoms with Crippen LogP contribution in [0.25, 0.3) is 0 Å². The Balaban J connectivity index is 2.32. The number of hydrogen-bond donors (Lipinski definition) is 2. The van der Waals surface area contributed by atoms with Crippen LogP contribution in [0.3, 0.4) is 0 Å². The molecular formula is C10H14N2O. The molecule has 1 heterocycles. The van der Waals surface area contributed by atoms with Gasteiger partial charge in [-0.3, -0.25) is 0 Å². The third-order valence-electron chi connectivity index (χ3n) is 2.28. The lowest BCUT2D eigenvalue weighted by Crippen LogP contribution is -2.37. The summed E-state index contributed by atoms with van der Waals surface area (Å²) in [7, 11) is 0. The van der Waals surface area contributed by atoms with Crippen LogP contribution in [0.4, 0.5) is 5.69 Å². The van der Waals surface area contributed by atoms with E-state index >= 15 is 0 Å². The number of hydrogen-bond acceptors (Lipinski definition) is 3. The van der Waals surface area contributed by atoms with Crippen molar-refractivity contribution in [2.45, 2.75) is 13.0 Å². The van der Waals surface area contributed by atoms with Gasteiger partial charge in [0.2, 0.25) is 0 Å². The van der Waals surface area contributed by atoms with Gasteiger partial charge in [-0.15, -0.1) is 0 Å². The topological polar surface area (TPSA) is 47.3 Å². The molecule has 3 nitrogen and oxygen atoms in total. The van der Waals surface area contributed by atoms with Crippen molar-refractivity contribution in [1.29, 1.82) is 0 Å². The van der Waals surface area contributed by atoms with E-state index < -0.39 is 0 Å². The number of anilines is 1. The summed E-state index contributed by atoms with van der Waals surface area (Å²) in [5, 5.41) is 3.30. The lowest BCUT2D eigenvalue weighted by molar-refractivity contribution is 0.212. The first-order valence-electron chi connectivity index (χ1n) is 4.51. The zero-order chi connectivity index (χ0) is 9.26. The van der Waals surface area contributed by atoms with Crippen LogP contribution in [0.2, 0.25) is 0 Å². The number of para-hydroxylation sites is 1. The molecule has 2 rings (SSSR count). The molecule has 0 saturated heterocycles. The maximum Gasteiger partial charge on any atom is 0.145 e. The molecule has 13 heavy (non-hydrogen) atoms. The van der Waals surface area contributed by atoms with Crippen LogP contribution in [0, 0.1) is 6.92 Å². The minimum Gasteiger partial charge on any atom is -0.485 e. The van der Waals surface area contributed by atoms with Gasteiger partial charge < -0.3 is 15.8 Å². The Morgan fingerprint density at radius 3 is 3.23 bits per heavy atom. The Hall–Kier alpha value is -1.22. The number of ether oxygens (including phenoxy) is 1. The summed E-state index contributed by atoms with van der Waals surface area (Å²) in [6.45, 7) is 3.40. The molecular weight excluding hydrogens is 164 g/mol. The molecule has 1 aromatic rings. The Morgan fingerprint density at radius 2 is 2.46 bits per heavy atom. The van der Waals surface area contributed by atoms with Gasteiger partial charge in [-0.1, -0.05) is 12.1 Å².